The van der Waals surface area contributed by atoms with Crippen molar-refractivity contribution in [2.75, 3.05) is 19.3 Å². The molecule has 4 nitrogen and oxygen atoms in total. The molecule has 1 aliphatic rings. The van der Waals surface area contributed by atoms with Crippen LogP contribution in [0.3, 0.4) is 0 Å². The van der Waals surface area contributed by atoms with E-state index >= 15 is 0 Å². The van der Waals surface area contributed by atoms with Crippen LogP contribution < -0.4 is 0 Å². The molecule has 0 spiro atoms. The molecule has 0 aromatic carbocycles. The molecule has 1 aromatic heterocycles. The lowest BCUT2D eigenvalue weighted by Gasteiger charge is -2.36. The van der Waals surface area contributed by atoms with Gasteiger partial charge in [-0.1, -0.05) is 23.2 Å². The molecule has 0 atom stereocenters. The summed E-state index contributed by atoms with van der Waals surface area (Å²) >= 11 is 13.4. The van der Waals surface area contributed by atoms with Crippen LogP contribution in [-0.2, 0) is 0 Å². The number of piperidine rings is 1. The van der Waals surface area contributed by atoms with Crippen LogP contribution in [0.2, 0.25) is 10.2 Å². The van der Waals surface area contributed by atoms with Crippen molar-refractivity contribution in [1.82, 2.24) is 9.88 Å². The summed E-state index contributed by atoms with van der Waals surface area (Å²) in [5, 5.41) is 9.78. The molecule has 1 fully saturated rings. The summed E-state index contributed by atoms with van der Waals surface area (Å²) in [6, 6.07) is 3.83. The third-order valence-corrected chi connectivity index (χ3v) is 5.29. The second kappa shape index (κ2) is 6.21. The first kappa shape index (κ1) is 15.4. The van der Waals surface area contributed by atoms with Crippen molar-refractivity contribution in [2.45, 2.75) is 17.6 Å². The average molecular weight is 330 g/mol. The maximum atomic E-state index is 12.4. The Morgan fingerprint density at radius 3 is 2.70 bits per heavy atom. The van der Waals surface area contributed by atoms with Crippen molar-refractivity contribution < 1.29 is 4.79 Å². The second-order valence-corrected chi connectivity index (χ2v) is 6.57. The van der Waals surface area contributed by atoms with Gasteiger partial charge in [-0.2, -0.15) is 5.26 Å². The van der Waals surface area contributed by atoms with Gasteiger partial charge in [-0.05, 0) is 25.2 Å². The minimum absolute atomic E-state index is 0.160. The van der Waals surface area contributed by atoms with Gasteiger partial charge in [0.2, 0.25) is 0 Å². The predicted octanol–water partition coefficient (Wildman–Crippen LogP) is 3.25. The molecule has 0 unspecified atom stereocenters. The average Bonchev–Trinajstić information content (AvgIpc) is 2.49. The van der Waals surface area contributed by atoms with Gasteiger partial charge >= 0.3 is 0 Å². The van der Waals surface area contributed by atoms with Crippen molar-refractivity contribution in [1.29, 1.82) is 5.26 Å². The fourth-order valence-corrected chi connectivity index (χ4v) is 3.20. The number of halogens is 2. The van der Waals surface area contributed by atoms with E-state index in [0.717, 1.165) is 0 Å². The van der Waals surface area contributed by atoms with Crippen molar-refractivity contribution in [3.05, 3.63) is 28.0 Å². The molecule has 2 rings (SSSR count). The summed E-state index contributed by atoms with van der Waals surface area (Å²) in [5.74, 6) is -0.160. The number of hydrogen-bond donors (Lipinski definition) is 0. The highest BCUT2D eigenvalue weighted by Gasteiger charge is 2.35. The highest BCUT2D eigenvalue weighted by atomic mass is 35.5. The summed E-state index contributed by atoms with van der Waals surface area (Å²) in [7, 11) is 0. The first-order valence-electron chi connectivity index (χ1n) is 6.08. The molecule has 7 heteroatoms. The number of pyridine rings is 1. The normalized spacial score (nSPS) is 17.6. The summed E-state index contributed by atoms with van der Waals surface area (Å²) < 4.78 is -0.379. The Kier molecular flexibility index (Phi) is 4.79. The van der Waals surface area contributed by atoms with E-state index in [1.807, 2.05) is 6.26 Å². The van der Waals surface area contributed by atoms with Gasteiger partial charge in [-0.25, -0.2) is 4.98 Å². The van der Waals surface area contributed by atoms with E-state index in [0.29, 0.717) is 36.5 Å². The number of amides is 1. The van der Waals surface area contributed by atoms with Crippen molar-refractivity contribution in [3.8, 4) is 6.07 Å². The molecule has 106 valence electrons. The molecular weight excluding hydrogens is 317 g/mol. The summed E-state index contributed by atoms with van der Waals surface area (Å²) in [5.41, 5.74) is 0.361. The first-order chi connectivity index (χ1) is 9.51. The fraction of sp³-hybridized carbons (Fsp3) is 0.462. The summed E-state index contributed by atoms with van der Waals surface area (Å²) in [6.07, 6.45) is 4.63. The largest absolute Gasteiger partial charge is 0.338 e. The standard InChI is InChI=1S/C13H13Cl2N3OS/c1-20-13(8-16)2-4-18(5-3-13)12(19)9-6-11(15)17-7-10(9)14/h6-7H,2-5H2,1H3. The number of hydrogen-bond acceptors (Lipinski definition) is 4. The fourth-order valence-electron chi connectivity index (χ4n) is 2.18. The van der Waals surface area contributed by atoms with Gasteiger partial charge in [0.05, 0.1) is 16.7 Å². The van der Waals surface area contributed by atoms with Gasteiger partial charge in [0, 0.05) is 19.3 Å². The van der Waals surface area contributed by atoms with Gasteiger partial charge in [-0.3, -0.25) is 4.79 Å². The van der Waals surface area contributed by atoms with Crippen LogP contribution >= 0.6 is 35.0 Å². The molecule has 20 heavy (non-hydrogen) atoms. The van der Waals surface area contributed by atoms with E-state index in [1.54, 1.807) is 16.7 Å². The second-order valence-electron chi connectivity index (χ2n) is 4.59. The Labute approximate surface area is 132 Å². The molecule has 0 aliphatic carbocycles. The first-order valence-corrected chi connectivity index (χ1v) is 8.06. The molecule has 2 heterocycles. The van der Waals surface area contributed by atoms with E-state index in [1.165, 1.54) is 12.3 Å². The number of thioether (sulfide) groups is 1. The lowest BCUT2D eigenvalue weighted by Crippen LogP contribution is -2.44. The number of likely N-dealkylation sites (tertiary alicyclic amines) is 1. The predicted molar refractivity (Wildman–Crippen MR) is 81.3 cm³/mol. The Morgan fingerprint density at radius 2 is 2.15 bits per heavy atom. The number of rotatable bonds is 2. The molecule has 0 N–H and O–H groups in total. The van der Waals surface area contributed by atoms with Crippen molar-refractivity contribution in [3.63, 3.8) is 0 Å². The van der Waals surface area contributed by atoms with Crippen LogP contribution in [0.25, 0.3) is 0 Å². The monoisotopic (exact) mass is 329 g/mol. The molecule has 0 radical (unpaired) electrons. The van der Waals surface area contributed by atoms with Gasteiger partial charge in [0.1, 0.15) is 9.90 Å². The quantitative estimate of drug-likeness (QED) is 0.781. The summed E-state index contributed by atoms with van der Waals surface area (Å²) in [4.78, 5) is 18.0. The molecular formula is C13H13Cl2N3OS. The maximum Gasteiger partial charge on any atom is 0.255 e. The van der Waals surface area contributed by atoms with Crippen LogP contribution in [0.4, 0.5) is 0 Å². The maximum absolute atomic E-state index is 12.4. The zero-order valence-corrected chi connectivity index (χ0v) is 13.2. The van der Waals surface area contributed by atoms with Gasteiger partial charge in [0.25, 0.3) is 5.91 Å². The van der Waals surface area contributed by atoms with Crippen molar-refractivity contribution in [2.24, 2.45) is 0 Å². The van der Waals surface area contributed by atoms with E-state index in [-0.39, 0.29) is 15.8 Å². The third kappa shape index (κ3) is 3.03. The Hall–Kier alpha value is -0.960. The molecule has 0 saturated carbocycles. The Bertz CT molecular complexity index is 565. The van der Waals surface area contributed by atoms with Gasteiger partial charge < -0.3 is 4.90 Å². The molecule has 1 amide bonds. The van der Waals surface area contributed by atoms with Crippen molar-refractivity contribution >= 4 is 40.9 Å². The van der Waals surface area contributed by atoms with Crippen LogP contribution in [0.1, 0.15) is 23.2 Å². The van der Waals surface area contributed by atoms with E-state index in [9.17, 15) is 10.1 Å². The number of nitrogens with zero attached hydrogens (tertiary/aromatic N) is 3. The number of nitriles is 1. The zero-order chi connectivity index (χ0) is 14.8. The number of carbonyl (C=O) groups excluding carboxylic acids is 1. The molecule has 1 aliphatic heterocycles. The minimum Gasteiger partial charge on any atom is -0.338 e. The van der Waals surface area contributed by atoms with Crippen LogP contribution in [0, 0.1) is 11.3 Å². The SMILES string of the molecule is CSC1(C#N)CCN(C(=O)c2cc(Cl)ncc2Cl)CC1. The van der Waals surface area contributed by atoms with E-state index in [2.05, 4.69) is 11.1 Å². The van der Waals surface area contributed by atoms with Crippen LogP contribution in [-0.4, -0.2) is 39.9 Å². The van der Waals surface area contributed by atoms with Crippen LogP contribution in [0.15, 0.2) is 12.3 Å². The third-order valence-electron chi connectivity index (χ3n) is 3.51. The topological polar surface area (TPSA) is 57.0 Å². The Morgan fingerprint density at radius 1 is 1.50 bits per heavy atom. The smallest absolute Gasteiger partial charge is 0.255 e. The van der Waals surface area contributed by atoms with E-state index < -0.39 is 0 Å². The van der Waals surface area contributed by atoms with E-state index in [4.69, 9.17) is 23.2 Å². The highest BCUT2D eigenvalue weighted by molar-refractivity contribution is 8.00. The zero-order valence-electron chi connectivity index (χ0n) is 10.9. The summed E-state index contributed by atoms with van der Waals surface area (Å²) in [6.45, 7) is 1.09. The lowest BCUT2D eigenvalue weighted by atomic mass is 9.97. The minimum atomic E-state index is -0.379. The highest BCUT2D eigenvalue weighted by Crippen LogP contribution is 2.34. The van der Waals surface area contributed by atoms with Gasteiger partial charge in [0.15, 0.2) is 0 Å². The number of carbonyl (C=O) groups is 1. The lowest BCUT2D eigenvalue weighted by molar-refractivity contribution is 0.0716. The van der Waals surface area contributed by atoms with Crippen LogP contribution in [0.5, 0.6) is 0 Å². The number of aromatic nitrogens is 1. The molecule has 0 bridgehead atoms. The Balaban J connectivity index is 2.13. The molecule has 1 saturated heterocycles. The van der Waals surface area contributed by atoms with Gasteiger partial charge in [-0.15, -0.1) is 11.8 Å². The molecule has 1 aromatic rings.